The van der Waals surface area contributed by atoms with Crippen molar-refractivity contribution in [3.05, 3.63) is 0 Å². The van der Waals surface area contributed by atoms with Gasteiger partial charge < -0.3 is 5.32 Å². The molecule has 0 unspecified atom stereocenters. The van der Waals surface area contributed by atoms with E-state index in [1.807, 2.05) is 0 Å². The van der Waals surface area contributed by atoms with Gasteiger partial charge in [-0.15, -0.1) is 12.4 Å². The first-order chi connectivity index (χ1) is 3.93. The number of nitrogens with zero attached hydrogens (tertiary/aromatic N) is 1. The molecule has 0 radical (unpaired) electrons. The van der Waals surface area contributed by atoms with Gasteiger partial charge in [0.05, 0.1) is 12.1 Å². The van der Waals surface area contributed by atoms with E-state index in [0.717, 1.165) is 13.0 Å². The van der Waals surface area contributed by atoms with E-state index in [-0.39, 0.29) is 18.4 Å². The smallest absolute Gasteiger partial charge is 0.0953 e. The first kappa shape index (κ1) is 8.74. The minimum absolute atomic E-state index is 0. The van der Waals surface area contributed by atoms with Crippen LogP contribution in [0.15, 0.2) is 0 Å². The second kappa shape index (κ2) is 4.60. The fraction of sp³-hybridized carbons (Fsp3) is 0.833. The van der Waals surface area contributed by atoms with Crippen molar-refractivity contribution in [2.24, 2.45) is 0 Å². The van der Waals surface area contributed by atoms with Crippen LogP contribution in [0.5, 0.6) is 0 Å². The number of piperidine rings is 1. The van der Waals surface area contributed by atoms with Gasteiger partial charge >= 0.3 is 0 Å². The van der Waals surface area contributed by atoms with Crippen molar-refractivity contribution in [3.8, 4) is 6.07 Å². The van der Waals surface area contributed by atoms with Gasteiger partial charge in [0.1, 0.15) is 0 Å². The van der Waals surface area contributed by atoms with Gasteiger partial charge in [-0.1, -0.05) is 0 Å². The maximum absolute atomic E-state index is 8.38. The normalized spacial score (nSPS) is 25.9. The van der Waals surface area contributed by atoms with Crippen LogP contribution in [0.3, 0.4) is 0 Å². The van der Waals surface area contributed by atoms with Gasteiger partial charge in [0, 0.05) is 0 Å². The van der Waals surface area contributed by atoms with Gasteiger partial charge in [0.2, 0.25) is 0 Å². The molecule has 1 fully saturated rings. The highest BCUT2D eigenvalue weighted by Gasteiger charge is 2.09. The molecule has 0 bridgehead atoms. The molecule has 0 amide bonds. The Kier molecular flexibility index (Phi) is 4.47. The van der Waals surface area contributed by atoms with Crippen molar-refractivity contribution in [1.82, 2.24) is 5.32 Å². The second-order valence-corrected chi connectivity index (χ2v) is 2.13. The molecule has 0 spiro atoms. The number of nitrogens with one attached hydrogen (secondary N) is 1. The third-order valence-corrected chi connectivity index (χ3v) is 1.47. The van der Waals surface area contributed by atoms with E-state index >= 15 is 0 Å². The van der Waals surface area contributed by atoms with E-state index in [1.54, 1.807) is 0 Å². The van der Waals surface area contributed by atoms with Crippen LogP contribution < -0.4 is 5.32 Å². The van der Waals surface area contributed by atoms with E-state index in [9.17, 15) is 0 Å². The van der Waals surface area contributed by atoms with Gasteiger partial charge in [0.15, 0.2) is 0 Å². The average Bonchev–Trinajstić information content (AvgIpc) is 1.90. The molecule has 3 heteroatoms. The number of nitriles is 1. The second-order valence-electron chi connectivity index (χ2n) is 2.13. The summed E-state index contributed by atoms with van der Waals surface area (Å²) in [6.07, 6.45) is 3.49. The standard InChI is InChI=1S/C6H10N2.ClH/c7-5-6-3-1-2-4-8-6;/h6,8H,1-4H2;1H/t6-;/m1./s1. The van der Waals surface area contributed by atoms with E-state index in [0.29, 0.717) is 0 Å². The predicted molar refractivity (Wildman–Crippen MR) is 38.5 cm³/mol. The molecule has 1 N–H and O–H groups in total. The summed E-state index contributed by atoms with van der Waals surface area (Å²) in [5.74, 6) is 0. The lowest BCUT2D eigenvalue weighted by molar-refractivity contribution is 0.461. The molecule has 9 heavy (non-hydrogen) atoms. The summed E-state index contributed by atoms with van der Waals surface area (Å²) in [6.45, 7) is 1.03. The molecular weight excluding hydrogens is 136 g/mol. The summed E-state index contributed by atoms with van der Waals surface area (Å²) in [4.78, 5) is 0. The highest BCUT2D eigenvalue weighted by atomic mass is 35.5. The fourth-order valence-electron chi connectivity index (χ4n) is 0.962. The van der Waals surface area contributed by atoms with Gasteiger partial charge in [-0.05, 0) is 25.8 Å². The molecule has 0 aromatic heterocycles. The number of hydrogen-bond donors (Lipinski definition) is 1. The Bertz CT molecular complexity index is 102. The Morgan fingerprint density at radius 2 is 2.22 bits per heavy atom. The number of hydrogen-bond acceptors (Lipinski definition) is 2. The monoisotopic (exact) mass is 146 g/mol. The van der Waals surface area contributed by atoms with Gasteiger partial charge in [0.25, 0.3) is 0 Å². The molecule has 52 valence electrons. The van der Waals surface area contributed by atoms with Crippen molar-refractivity contribution < 1.29 is 0 Å². The lowest BCUT2D eigenvalue weighted by atomic mass is 10.1. The van der Waals surface area contributed by atoms with Crippen LogP contribution in [-0.2, 0) is 0 Å². The van der Waals surface area contributed by atoms with Crippen LogP contribution in [0.1, 0.15) is 19.3 Å². The topological polar surface area (TPSA) is 35.8 Å². The molecule has 1 atom stereocenters. The first-order valence-corrected chi connectivity index (χ1v) is 3.06. The van der Waals surface area contributed by atoms with Crippen LogP contribution in [-0.4, -0.2) is 12.6 Å². The Balaban J connectivity index is 0.000000640. The zero-order chi connectivity index (χ0) is 5.82. The predicted octanol–water partition coefficient (Wildman–Crippen LogP) is 1.07. The third kappa shape index (κ3) is 2.69. The molecule has 1 aliphatic heterocycles. The molecule has 0 aliphatic carbocycles. The van der Waals surface area contributed by atoms with Crippen LogP contribution in [0.2, 0.25) is 0 Å². The van der Waals surface area contributed by atoms with Gasteiger partial charge in [-0.25, -0.2) is 0 Å². The summed E-state index contributed by atoms with van der Waals surface area (Å²) in [7, 11) is 0. The molecule has 0 saturated carbocycles. The lowest BCUT2D eigenvalue weighted by Crippen LogP contribution is -2.32. The van der Waals surface area contributed by atoms with Gasteiger partial charge in [-0.3, -0.25) is 0 Å². The Labute approximate surface area is 61.7 Å². The van der Waals surface area contributed by atoms with Crippen molar-refractivity contribution in [2.45, 2.75) is 25.3 Å². The van der Waals surface area contributed by atoms with Crippen LogP contribution >= 0.6 is 12.4 Å². The van der Waals surface area contributed by atoms with Crippen molar-refractivity contribution >= 4 is 12.4 Å². The quantitative estimate of drug-likeness (QED) is 0.555. The largest absolute Gasteiger partial charge is 0.302 e. The Morgan fingerprint density at radius 3 is 2.56 bits per heavy atom. The SMILES string of the molecule is Cl.N#C[C@H]1CCCCN1. The molecule has 0 aromatic carbocycles. The zero-order valence-electron chi connectivity index (χ0n) is 5.26. The summed E-state index contributed by atoms with van der Waals surface area (Å²) in [6, 6.07) is 2.34. The van der Waals surface area contributed by atoms with Gasteiger partial charge in [-0.2, -0.15) is 5.26 Å². The summed E-state index contributed by atoms with van der Waals surface area (Å²) in [5.41, 5.74) is 0. The van der Waals surface area contributed by atoms with Crippen LogP contribution in [0, 0.1) is 11.3 Å². The highest BCUT2D eigenvalue weighted by Crippen LogP contribution is 2.04. The first-order valence-electron chi connectivity index (χ1n) is 3.06. The fourth-order valence-corrected chi connectivity index (χ4v) is 0.962. The summed E-state index contributed by atoms with van der Waals surface area (Å²) < 4.78 is 0. The third-order valence-electron chi connectivity index (χ3n) is 1.47. The zero-order valence-corrected chi connectivity index (χ0v) is 6.08. The molecule has 1 heterocycles. The molecule has 2 nitrogen and oxygen atoms in total. The van der Waals surface area contributed by atoms with Crippen LogP contribution in [0.25, 0.3) is 0 Å². The van der Waals surface area contributed by atoms with Crippen LogP contribution in [0.4, 0.5) is 0 Å². The Hall–Kier alpha value is -0.260. The minimum atomic E-state index is 0. The van der Waals surface area contributed by atoms with Crippen molar-refractivity contribution in [2.75, 3.05) is 6.54 Å². The minimum Gasteiger partial charge on any atom is -0.302 e. The lowest BCUT2D eigenvalue weighted by Gasteiger charge is -2.15. The highest BCUT2D eigenvalue weighted by molar-refractivity contribution is 5.85. The summed E-state index contributed by atoms with van der Waals surface area (Å²) in [5, 5.41) is 11.5. The van der Waals surface area contributed by atoms with Crippen molar-refractivity contribution in [3.63, 3.8) is 0 Å². The maximum atomic E-state index is 8.38. The number of halogens is 1. The molecule has 1 rings (SSSR count). The number of rotatable bonds is 0. The van der Waals surface area contributed by atoms with E-state index < -0.39 is 0 Å². The molecule has 1 saturated heterocycles. The molecule has 1 aliphatic rings. The van der Waals surface area contributed by atoms with E-state index in [4.69, 9.17) is 5.26 Å². The van der Waals surface area contributed by atoms with E-state index in [2.05, 4.69) is 11.4 Å². The molecular formula is C6H11ClN2. The summed E-state index contributed by atoms with van der Waals surface area (Å²) >= 11 is 0. The maximum Gasteiger partial charge on any atom is 0.0953 e. The Morgan fingerprint density at radius 1 is 1.44 bits per heavy atom. The average molecular weight is 147 g/mol. The van der Waals surface area contributed by atoms with Crippen molar-refractivity contribution in [1.29, 1.82) is 5.26 Å². The van der Waals surface area contributed by atoms with E-state index in [1.165, 1.54) is 12.8 Å². The molecule has 0 aromatic rings.